The second-order valence-corrected chi connectivity index (χ2v) is 6.04. The van der Waals surface area contributed by atoms with Crippen LogP contribution in [0.4, 0.5) is 5.69 Å². The molecule has 0 spiro atoms. The quantitative estimate of drug-likeness (QED) is 0.700. The van der Waals surface area contributed by atoms with E-state index in [1.165, 1.54) is 6.07 Å². The Morgan fingerprint density at radius 1 is 1.26 bits per heavy atom. The molecule has 0 aliphatic carbocycles. The van der Waals surface area contributed by atoms with E-state index < -0.39 is 11.7 Å². The molecule has 136 valence electrons. The molecule has 6 heteroatoms. The van der Waals surface area contributed by atoms with Gasteiger partial charge in [-0.25, -0.2) is 4.79 Å². The summed E-state index contributed by atoms with van der Waals surface area (Å²) in [5, 5.41) is 12.5. The number of fused-ring (bicyclic) bond motifs is 1. The second kappa shape index (κ2) is 7.75. The van der Waals surface area contributed by atoms with Gasteiger partial charge in [0.05, 0.1) is 11.6 Å². The first kappa shape index (κ1) is 18.2. The zero-order chi connectivity index (χ0) is 19.4. The van der Waals surface area contributed by atoms with Gasteiger partial charge in [-0.3, -0.25) is 4.79 Å². The van der Waals surface area contributed by atoms with Gasteiger partial charge in [-0.1, -0.05) is 13.0 Å². The predicted molar refractivity (Wildman–Crippen MR) is 102 cm³/mol. The number of carbonyl (C=O) groups excluding carboxylic acids is 1. The number of nitrogens with zero attached hydrogens (tertiary/aromatic N) is 1. The maximum absolute atomic E-state index is 12.3. The lowest BCUT2D eigenvalue weighted by atomic mass is 10.1. The molecule has 6 nitrogen and oxygen atoms in total. The monoisotopic (exact) mass is 362 g/mol. The van der Waals surface area contributed by atoms with Crippen LogP contribution in [0, 0.1) is 11.3 Å². The molecule has 3 aromatic rings. The van der Waals surface area contributed by atoms with Crippen molar-refractivity contribution < 1.29 is 13.9 Å². The average Bonchev–Trinajstić information content (AvgIpc) is 2.67. The lowest BCUT2D eigenvalue weighted by Gasteiger charge is -2.15. The number of aryl methyl sites for hydroxylation is 1. The molecule has 0 saturated carbocycles. The summed E-state index contributed by atoms with van der Waals surface area (Å²) < 4.78 is 10.9. The van der Waals surface area contributed by atoms with Crippen molar-refractivity contribution >= 4 is 22.6 Å². The van der Waals surface area contributed by atoms with Gasteiger partial charge < -0.3 is 14.5 Å². The van der Waals surface area contributed by atoms with E-state index in [2.05, 4.69) is 5.32 Å². The standard InChI is InChI=1S/C21H18N2O4/c1-3-15-10-20(24)27-19-11-17(7-8-18(15)19)26-13(2)21(25)23-16-6-4-5-14(9-16)12-22/h4-11,13H,3H2,1-2H3,(H,23,25)/t13-/m0/s1. The number of anilines is 1. The average molecular weight is 362 g/mol. The maximum atomic E-state index is 12.3. The van der Waals surface area contributed by atoms with Crippen LogP contribution in [0.3, 0.4) is 0 Å². The van der Waals surface area contributed by atoms with E-state index in [1.54, 1.807) is 43.3 Å². The second-order valence-electron chi connectivity index (χ2n) is 6.04. The summed E-state index contributed by atoms with van der Waals surface area (Å²) in [4.78, 5) is 24.0. The Balaban J connectivity index is 1.76. The molecule has 0 fully saturated rings. The minimum absolute atomic E-state index is 0.353. The van der Waals surface area contributed by atoms with Crippen LogP contribution in [0.25, 0.3) is 11.0 Å². The normalized spacial score (nSPS) is 11.6. The zero-order valence-electron chi connectivity index (χ0n) is 15.0. The van der Waals surface area contributed by atoms with Crippen LogP contribution >= 0.6 is 0 Å². The van der Waals surface area contributed by atoms with Crippen LogP contribution in [-0.4, -0.2) is 12.0 Å². The molecule has 0 aliphatic heterocycles. The molecule has 1 atom stereocenters. The number of benzene rings is 2. The summed E-state index contributed by atoms with van der Waals surface area (Å²) in [6, 6.07) is 15.3. The molecule has 1 amide bonds. The summed E-state index contributed by atoms with van der Waals surface area (Å²) in [6.45, 7) is 3.58. The highest BCUT2D eigenvalue weighted by Gasteiger charge is 2.16. The topological polar surface area (TPSA) is 92.3 Å². The van der Waals surface area contributed by atoms with Crippen molar-refractivity contribution in [3.05, 3.63) is 70.1 Å². The number of hydrogen-bond acceptors (Lipinski definition) is 5. The van der Waals surface area contributed by atoms with Crippen molar-refractivity contribution in [2.45, 2.75) is 26.4 Å². The van der Waals surface area contributed by atoms with E-state index in [9.17, 15) is 9.59 Å². The summed E-state index contributed by atoms with van der Waals surface area (Å²) in [5.41, 5.74) is 1.88. The van der Waals surface area contributed by atoms with E-state index in [0.717, 1.165) is 10.9 Å². The fraction of sp³-hybridized carbons (Fsp3) is 0.190. The number of amides is 1. The fourth-order valence-corrected chi connectivity index (χ4v) is 2.74. The van der Waals surface area contributed by atoms with Crippen LogP contribution < -0.4 is 15.7 Å². The van der Waals surface area contributed by atoms with Gasteiger partial charge in [-0.05, 0) is 49.2 Å². The Hall–Kier alpha value is -3.59. The van der Waals surface area contributed by atoms with Gasteiger partial charge in [-0.2, -0.15) is 5.26 Å². The lowest BCUT2D eigenvalue weighted by molar-refractivity contribution is -0.122. The Bertz CT molecular complexity index is 1100. The number of nitrogens with one attached hydrogen (secondary N) is 1. The molecular formula is C21H18N2O4. The molecule has 0 bridgehead atoms. The van der Waals surface area contributed by atoms with Gasteiger partial charge in [-0.15, -0.1) is 0 Å². The molecule has 1 aromatic heterocycles. The summed E-state index contributed by atoms with van der Waals surface area (Å²) >= 11 is 0. The molecular weight excluding hydrogens is 344 g/mol. The molecule has 2 aromatic carbocycles. The Morgan fingerprint density at radius 3 is 2.81 bits per heavy atom. The summed E-state index contributed by atoms with van der Waals surface area (Å²) in [6.07, 6.45) is -0.0719. The maximum Gasteiger partial charge on any atom is 0.336 e. The van der Waals surface area contributed by atoms with Crippen molar-refractivity contribution in [2.75, 3.05) is 5.32 Å². The SMILES string of the molecule is CCc1cc(=O)oc2cc(O[C@@H](C)C(=O)Nc3cccc(C#N)c3)ccc12. The molecule has 1 heterocycles. The van der Waals surface area contributed by atoms with Crippen molar-refractivity contribution in [2.24, 2.45) is 0 Å². The highest BCUT2D eigenvalue weighted by molar-refractivity contribution is 5.94. The first-order valence-electron chi connectivity index (χ1n) is 8.54. The third kappa shape index (κ3) is 4.15. The molecule has 0 saturated heterocycles. The lowest BCUT2D eigenvalue weighted by Crippen LogP contribution is -2.30. The van der Waals surface area contributed by atoms with E-state index in [-0.39, 0.29) is 5.91 Å². The van der Waals surface area contributed by atoms with Crippen LogP contribution in [0.5, 0.6) is 5.75 Å². The van der Waals surface area contributed by atoms with Crippen molar-refractivity contribution in [3.8, 4) is 11.8 Å². The molecule has 27 heavy (non-hydrogen) atoms. The van der Waals surface area contributed by atoms with Crippen molar-refractivity contribution in [3.63, 3.8) is 0 Å². The van der Waals surface area contributed by atoms with Gasteiger partial charge in [0, 0.05) is 23.2 Å². The van der Waals surface area contributed by atoms with Gasteiger partial charge in [0.1, 0.15) is 11.3 Å². The first-order valence-corrected chi connectivity index (χ1v) is 8.54. The molecule has 1 N–H and O–H groups in total. The number of nitriles is 1. The highest BCUT2D eigenvalue weighted by Crippen LogP contribution is 2.24. The molecule has 0 aliphatic rings. The van der Waals surface area contributed by atoms with Gasteiger partial charge in [0.2, 0.25) is 0 Å². The van der Waals surface area contributed by atoms with Gasteiger partial charge >= 0.3 is 5.63 Å². The van der Waals surface area contributed by atoms with E-state index >= 15 is 0 Å². The molecule has 3 rings (SSSR count). The fourth-order valence-electron chi connectivity index (χ4n) is 2.74. The largest absolute Gasteiger partial charge is 0.481 e. The van der Waals surface area contributed by atoms with Crippen molar-refractivity contribution in [1.29, 1.82) is 5.26 Å². The predicted octanol–water partition coefficient (Wildman–Crippen LogP) is 3.63. The third-order valence-corrected chi connectivity index (χ3v) is 4.12. The molecule has 0 unspecified atom stereocenters. The van der Waals surface area contributed by atoms with Crippen molar-refractivity contribution in [1.82, 2.24) is 0 Å². The number of rotatable bonds is 5. The van der Waals surface area contributed by atoms with E-state index in [1.807, 2.05) is 19.1 Å². The number of ether oxygens (including phenoxy) is 1. The van der Waals surface area contributed by atoms with E-state index in [4.69, 9.17) is 14.4 Å². The number of hydrogen-bond donors (Lipinski definition) is 1. The van der Waals surface area contributed by atoms with Crippen LogP contribution in [-0.2, 0) is 11.2 Å². The smallest absolute Gasteiger partial charge is 0.336 e. The minimum atomic E-state index is -0.783. The third-order valence-electron chi connectivity index (χ3n) is 4.12. The van der Waals surface area contributed by atoms with E-state index in [0.29, 0.717) is 29.0 Å². The minimum Gasteiger partial charge on any atom is -0.481 e. The first-order chi connectivity index (χ1) is 13.0. The van der Waals surface area contributed by atoms with Gasteiger partial charge in [0.15, 0.2) is 6.10 Å². The Kier molecular flexibility index (Phi) is 5.23. The highest BCUT2D eigenvalue weighted by atomic mass is 16.5. The van der Waals surface area contributed by atoms with Crippen LogP contribution in [0.2, 0.25) is 0 Å². The van der Waals surface area contributed by atoms with Gasteiger partial charge in [0.25, 0.3) is 5.91 Å². The van der Waals surface area contributed by atoms with Crippen LogP contribution in [0.15, 0.2) is 57.7 Å². The summed E-state index contributed by atoms with van der Waals surface area (Å²) in [5.74, 6) is 0.0706. The zero-order valence-corrected chi connectivity index (χ0v) is 15.0. The number of carbonyl (C=O) groups is 1. The Morgan fingerprint density at radius 2 is 2.07 bits per heavy atom. The van der Waals surface area contributed by atoms with Crippen LogP contribution in [0.1, 0.15) is 25.0 Å². The molecule has 0 radical (unpaired) electrons. The Labute approximate surface area is 156 Å². The summed E-state index contributed by atoms with van der Waals surface area (Å²) in [7, 11) is 0.